The molecule has 1 atom stereocenters. The van der Waals surface area contributed by atoms with Crippen molar-refractivity contribution in [3.63, 3.8) is 0 Å². The van der Waals surface area contributed by atoms with E-state index in [1.54, 1.807) is 35.0 Å². The van der Waals surface area contributed by atoms with E-state index in [4.69, 9.17) is 16.6 Å². The molecule has 1 aliphatic heterocycles. The molecule has 3 aromatic rings. The molecule has 3 aliphatic rings. The van der Waals surface area contributed by atoms with Crippen LogP contribution in [0.15, 0.2) is 40.2 Å². The number of nitrogens with zero attached hydrogens (tertiary/aromatic N) is 4. The fourth-order valence-corrected chi connectivity index (χ4v) is 8.97. The van der Waals surface area contributed by atoms with Crippen molar-refractivity contribution < 1.29 is 8.42 Å². The maximum Gasteiger partial charge on any atom is 0.271 e. The van der Waals surface area contributed by atoms with Gasteiger partial charge in [-0.15, -0.1) is 0 Å². The van der Waals surface area contributed by atoms with Crippen LogP contribution in [0.3, 0.4) is 0 Å². The monoisotopic (exact) mass is 583 g/mol. The zero-order chi connectivity index (χ0) is 28.4. The molecule has 6 rings (SSSR count). The summed E-state index contributed by atoms with van der Waals surface area (Å²) in [7, 11) is -3.40. The van der Waals surface area contributed by atoms with E-state index >= 15 is 0 Å². The topological polar surface area (TPSA) is 97.2 Å². The predicted octanol–water partition coefficient (Wildman–Crippen LogP) is 5.89. The standard InChI is InChI=1S/C30H38ClN5O3S/c1-18(2)35-11-9-30(10-12-35)15-24(16-30)40(38,39)23-7-8-26(19(3)13-23)33-29-32-17-22-14-25(31)28(37)36(27(22)34-29)20(4)21-5-6-21/h7-8,13-14,17-18,20-21,24H,5-6,9-12,15-16H2,1-4H3,(H,32,33,34)/t20-/m1/s1. The van der Waals surface area contributed by atoms with E-state index in [2.05, 4.69) is 29.0 Å². The van der Waals surface area contributed by atoms with Gasteiger partial charge in [0.1, 0.15) is 10.7 Å². The van der Waals surface area contributed by atoms with E-state index in [0.29, 0.717) is 33.8 Å². The predicted molar refractivity (Wildman–Crippen MR) is 159 cm³/mol. The Morgan fingerprint density at radius 3 is 2.42 bits per heavy atom. The van der Waals surface area contributed by atoms with Crippen LogP contribution in [0.5, 0.6) is 0 Å². The fraction of sp³-hybridized carbons (Fsp3) is 0.567. The summed E-state index contributed by atoms with van der Waals surface area (Å²) in [5.41, 5.74) is 2.01. The molecule has 0 radical (unpaired) electrons. The van der Waals surface area contributed by atoms with Crippen LogP contribution in [0.4, 0.5) is 11.6 Å². The molecule has 10 heteroatoms. The Bertz CT molecular complexity index is 1620. The average Bonchev–Trinajstić information content (AvgIpc) is 3.75. The quantitative estimate of drug-likeness (QED) is 0.370. The van der Waals surface area contributed by atoms with E-state index in [-0.39, 0.29) is 27.3 Å². The molecule has 3 fully saturated rings. The van der Waals surface area contributed by atoms with E-state index in [1.165, 1.54) is 0 Å². The summed E-state index contributed by atoms with van der Waals surface area (Å²) in [6.45, 7) is 10.5. The minimum Gasteiger partial charge on any atom is -0.324 e. The average molecular weight is 584 g/mol. The highest BCUT2D eigenvalue weighted by atomic mass is 35.5. The first-order valence-electron chi connectivity index (χ1n) is 14.4. The molecule has 2 aromatic heterocycles. The second-order valence-electron chi connectivity index (χ2n) is 12.5. The zero-order valence-corrected chi connectivity index (χ0v) is 25.2. The van der Waals surface area contributed by atoms with Gasteiger partial charge < -0.3 is 10.2 Å². The Kier molecular flexibility index (Phi) is 6.99. The number of nitrogens with one attached hydrogen (secondary N) is 1. The number of anilines is 2. The van der Waals surface area contributed by atoms with Crippen LogP contribution in [-0.4, -0.2) is 52.2 Å². The first kappa shape index (κ1) is 27.7. The third kappa shape index (κ3) is 4.94. The number of benzene rings is 1. The number of sulfone groups is 1. The lowest BCUT2D eigenvalue weighted by Gasteiger charge is -2.52. The molecule has 0 unspecified atom stereocenters. The first-order valence-corrected chi connectivity index (χ1v) is 16.3. The van der Waals surface area contributed by atoms with E-state index in [9.17, 15) is 13.2 Å². The van der Waals surface area contributed by atoms with Crippen LogP contribution in [0.2, 0.25) is 5.02 Å². The summed E-state index contributed by atoms with van der Waals surface area (Å²) >= 11 is 6.24. The summed E-state index contributed by atoms with van der Waals surface area (Å²) in [5.74, 6) is 0.791. The highest BCUT2D eigenvalue weighted by Gasteiger charge is 2.51. The van der Waals surface area contributed by atoms with Gasteiger partial charge in [0.15, 0.2) is 9.84 Å². The molecule has 2 saturated carbocycles. The number of aromatic nitrogens is 3. The third-order valence-corrected chi connectivity index (χ3v) is 12.0. The molecule has 40 heavy (non-hydrogen) atoms. The van der Waals surface area contributed by atoms with Crippen molar-refractivity contribution in [3.8, 4) is 0 Å². The molecule has 2 aliphatic carbocycles. The molecular formula is C30H38ClN5O3S. The molecule has 8 nitrogen and oxygen atoms in total. The Balaban J connectivity index is 1.20. The van der Waals surface area contributed by atoms with Gasteiger partial charge in [0.2, 0.25) is 5.95 Å². The molecular weight excluding hydrogens is 546 g/mol. The molecule has 1 spiro atoms. The number of pyridine rings is 1. The third-order valence-electron chi connectivity index (χ3n) is 9.56. The lowest BCUT2D eigenvalue weighted by molar-refractivity contribution is 0.0246. The maximum atomic E-state index is 13.5. The molecule has 1 N–H and O–H groups in total. The van der Waals surface area contributed by atoms with Gasteiger partial charge in [-0.3, -0.25) is 9.36 Å². The van der Waals surface area contributed by atoms with Crippen molar-refractivity contribution >= 4 is 44.1 Å². The van der Waals surface area contributed by atoms with Crippen LogP contribution in [0.25, 0.3) is 11.0 Å². The Hall–Kier alpha value is -2.49. The fourth-order valence-electron chi connectivity index (χ4n) is 6.63. The normalized spacial score (nSPS) is 20.6. The number of hydrogen-bond acceptors (Lipinski definition) is 7. The van der Waals surface area contributed by atoms with Gasteiger partial charge >= 0.3 is 0 Å². The summed E-state index contributed by atoms with van der Waals surface area (Å²) < 4.78 is 28.7. The van der Waals surface area contributed by atoms with Gasteiger partial charge in [0, 0.05) is 29.4 Å². The SMILES string of the molecule is Cc1cc(S(=O)(=O)C2CC3(CCN(C(C)C)CC3)C2)ccc1Nc1ncc2cc(Cl)c(=O)n([C@H](C)C3CC3)c2n1. The zero-order valence-electron chi connectivity index (χ0n) is 23.7. The van der Waals surface area contributed by atoms with Crippen LogP contribution in [-0.2, 0) is 9.84 Å². The summed E-state index contributed by atoms with van der Waals surface area (Å²) in [4.78, 5) is 24.9. The second kappa shape index (κ2) is 10.1. The summed E-state index contributed by atoms with van der Waals surface area (Å²) in [5, 5.41) is 3.79. The Morgan fingerprint density at radius 1 is 1.10 bits per heavy atom. The van der Waals surface area contributed by atoms with Gasteiger partial charge in [0.25, 0.3) is 5.56 Å². The van der Waals surface area contributed by atoms with Crippen LogP contribution in [0.1, 0.15) is 70.9 Å². The largest absolute Gasteiger partial charge is 0.324 e. The lowest BCUT2D eigenvalue weighted by atomic mass is 9.63. The van der Waals surface area contributed by atoms with E-state index in [0.717, 1.165) is 62.9 Å². The van der Waals surface area contributed by atoms with Gasteiger partial charge in [0.05, 0.1) is 10.1 Å². The number of aryl methyl sites for hydroxylation is 1. The molecule has 0 bridgehead atoms. The molecule has 3 heterocycles. The van der Waals surface area contributed by atoms with Crippen molar-refractivity contribution in [2.24, 2.45) is 11.3 Å². The van der Waals surface area contributed by atoms with Crippen molar-refractivity contribution in [3.05, 3.63) is 51.4 Å². The van der Waals surface area contributed by atoms with Crippen molar-refractivity contribution in [2.75, 3.05) is 18.4 Å². The number of piperidine rings is 1. The van der Waals surface area contributed by atoms with Crippen LogP contribution >= 0.6 is 11.6 Å². The minimum atomic E-state index is -3.40. The van der Waals surface area contributed by atoms with Crippen LogP contribution in [0, 0.1) is 18.3 Å². The molecule has 1 saturated heterocycles. The second-order valence-corrected chi connectivity index (χ2v) is 15.2. The van der Waals surface area contributed by atoms with E-state index in [1.807, 2.05) is 13.8 Å². The highest BCUT2D eigenvalue weighted by Crippen LogP contribution is 2.53. The van der Waals surface area contributed by atoms with Crippen molar-refractivity contribution in [1.82, 2.24) is 19.4 Å². The highest BCUT2D eigenvalue weighted by molar-refractivity contribution is 7.92. The van der Waals surface area contributed by atoms with Gasteiger partial charge in [-0.2, -0.15) is 4.98 Å². The number of hydrogen-bond donors (Lipinski definition) is 1. The summed E-state index contributed by atoms with van der Waals surface area (Å²) in [6, 6.07) is 7.37. The number of halogens is 1. The van der Waals surface area contributed by atoms with Crippen LogP contribution < -0.4 is 10.9 Å². The van der Waals surface area contributed by atoms with Gasteiger partial charge in [-0.1, -0.05) is 11.6 Å². The number of rotatable bonds is 7. The molecule has 0 amide bonds. The van der Waals surface area contributed by atoms with Crippen molar-refractivity contribution in [1.29, 1.82) is 0 Å². The van der Waals surface area contributed by atoms with Gasteiger partial charge in [-0.05, 0) is 120 Å². The Labute approximate surface area is 241 Å². The maximum absolute atomic E-state index is 13.5. The molecule has 1 aromatic carbocycles. The molecule has 214 valence electrons. The summed E-state index contributed by atoms with van der Waals surface area (Å²) in [6.07, 6.45) is 7.54. The minimum absolute atomic E-state index is 0.00364. The van der Waals surface area contributed by atoms with Gasteiger partial charge in [-0.25, -0.2) is 13.4 Å². The first-order chi connectivity index (χ1) is 19.0. The smallest absolute Gasteiger partial charge is 0.271 e. The number of likely N-dealkylation sites (tertiary alicyclic amines) is 1. The van der Waals surface area contributed by atoms with E-state index < -0.39 is 9.84 Å². The number of fused-ring (bicyclic) bond motifs is 1. The van der Waals surface area contributed by atoms with Crippen molar-refractivity contribution in [2.45, 2.75) is 88.4 Å². The lowest BCUT2D eigenvalue weighted by Crippen LogP contribution is -2.52. The Morgan fingerprint density at radius 2 is 1.80 bits per heavy atom.